The molecule has 1 amide bonds. The summed E-state index contributed by atoms with van der Waals surface area (Å²) in [6, 6.07) is 9.40. The van der Waals surface area contributed by atoms with Gasteiger partial charge in [-0.1, -0.05) is 17.7 Å². The van der Waals surface area contributed by atoms with Gasteiger partial charge in [-0.3, -0.25) is 9.78 Å². The number of carbonyl (C=O) groups excluding carboxylic acids is 1. The number of hydrogen-bond donors (Lipinski definition) is 0. The van der Waals surface area contributed by atoms with Crippen LogP contribution >= 0.6 is 11.6 Å². The Morgan fingerprint density at radius 1 is 1.43 bits per heavy atom. The Balaban J connectivity index is 1.66. The van der Waals surface area contributed by atoms with Crippen molar-refractivity contribution in [3.63, 3.8) is 0 Å². The zero-order chi connectivity index (χ0) is 16.4. The summed E-state index contributed by atoms with van der Waals surface area (Å²) in [5.74, 6) is 1.24. The van der Waals surface area contributed by atoms with Crippen molar-refractivity contribution in [3.05, 3.63) is 58.9 Å². The highest BCUT2D eigenvalue weighted by molar-refractivity contribution is 6.30. The second kappa shape index (κ2) is 6.59. The normalized spacial score (nSPS) is 19.3. The number of carbonyl (C=O) groups is 1. The van der Waals surface area contributed by atoms with E-state index in [1.165, 1.54) is 0 Å². The highest BCUT2D eigenvalue weighted by Gasteiger charge is 2.45. The summed E-state index contributed by atoms with van der Waals surface area (Å²) in [5.41, 5.74) is 2.05. The lowest BCUT2D eigenvalue weighted by Gasteiger charge is -2.19. The van der Waals surface area contributed by atoms with Crippen LogP contribution in [0, 0.1) is 5.92 Å². The number of ether oxygens (including phenoxy) is 1. The average Bonchev–Trinajstić information content (AvgIpc) is 3.36. The standard InChI is InChI=1S/C18H19ClN2O2/c1-21(11-13-8-14(19)5-6-17(13)23-2)18(22)16-9-15(16)12-4-3-7-20-10-12/h3-8,10,15-16H,9,11H2,1-2H3/t15-,16-/m1/s1. The first-order chi connectivity index (χ1) is 11.1. The smallest absolute Gasteiger partial charge is 0.226 e. The molecular formula is C18H19ClN2O2. The molecule has 1 heterocycles. The molecule has 0 aliphatic heterocycles. The average molecular weight is 331 g/mol. The number of aromatic nitrogens is 1. The Morgan fingerprint density at radius 2 is 2.26 bits per heavy atom. The van der Waals surface area contributed by atoms with Gasteiger partial charge in [0.15, 0.2) is 0 Å². The van der Waals surface area contributed by atoms with E-state index in [1.807, 2.05) is 37.5 Å². The summed E-state index contributed by atoms with van der Waals surface area (Å²) >= 11 is 6.05. The molecule has 1 saturated carbocycles. The number of nitrogens with zero attached hydrogens (tertiary/aromatic N) is 2. The van der Waals surface area contributed by atoms with E-state index >= 15 is 0 Å². The van der Waals surface area contributed by atoms with Crippen molar-refractivity contribution in [2.24, 2.45) is 5.92 Å². The van der Waals surface area contributed by atoms with Gasteiger partial charge in [-0.2, -0.15) is 0 Å². The van der Waals surface area contributed by atoms with Crippen LogP contribution in [0.5, 0.6) is 5.75 Å². The van der Waals surface area contributed by atoms with Gasteiger partial charge in [0.2, 0.25) is 5.91 Å². The van der Waals surface area contributed by atoms with Crippen molar-refractivity contribution in [2.45, 2.75) is 18.9 Å². The number of halogens is 1. The largest absolute Gasteiger partial charge is 0.496 e. The first-order valence-corrected chi connectivity index (χ1v) is 7.95. The van der Waals surface area contributed by atoms with E-state index in [1.54, 1.807) is 24.3 Å². The number of benzene rings is 1. The topological polar surface area (TPSA) is 42.4 Å². The van der Waals surface area contributed by atoms with Crippen LogP contribution in [0.15, 0.2) is 42.7 Å². The Morgan fingerprint density at radius 3 is 2.96 bits per heavy atom. The molecule has 23 heavy (non-hydrogen) atoms. The third kappa shape index (κ3) is 3.48. The third-order valence-corrected chi connectivity index (χ3v) is 4.48. The lowest BCUT2D eigenvalue weighted by atomic mass is 10.1. The van der Waals surface area contributed by atoms with E-state index in [0.717, 1.165) is 23.3 Å². The monoisotopic (exact) mass is 330 g/mol. The molecule has 1 fully saturated rings. The van der Waals surface area contributed by atoms with Gasteiger partial charge < -0.3 is 9.64 Å². The molecule has 0 N–H and O–H groups in total. The number of hydrogen-bond acceptors (Lipinski definition) is 3. The van der Waals surface area contributed by atoms with E-state index in [9.17, 15) is 4.79 Å². The zero-order valence-corrected chi connectivity index (χ0v) is 14.0. The van der Waals surface area contributed by atoms with Gasteiger partial charge in [-0.15, -0.1) is 0 Å². The minimum atomic E-state index is 0.0504. The first kappa shape index (κ1) is 15.8. The second-order valence-electron chi connectivity index (χ2n) is 5.89. The Labute approximate surface area is 141 Å². The van der Waals surface area contributed by atoms with E-state index in [4.69, 9.17) is 16.3 Å². The lowest BCUT2D eigenvalue weighted by molar-refractivity contribution is -0.131. The summed E-state index contributed by atoms with van der Waals surface area (Å²) in [6.07, 6.45) is 4.49. The zero-order valence-electron chi connectivity index (χ0n) is 13.2. The van der Waals surface area contributed by atoms with Gasteiger partial charge in [-0.25, -0.2) is 0 Å². The molecule has 0 radical (unpaired) electrons. The molecule has 3 rings (SSSR count). The maximum absolute atomic E-state index is 12.6. The third-order valence-electron chi connectivity index (χ3n) is 4.25. The second-order valence-corrected chi connectivity index (χ2v) is 6.32. The molecule has 120 valence electrons. The van der Waals surface area contributed by atoms with Crippen LogP contribution in [-0.4, -0.2) is 29.9 Å². The van der Waals surface area contributed by atoms with Gasteiger partial charge in [0.25, 0.3) is 0 Å². The number of pyridine rings is 1. The van der Waals surface area contributed by atoms with Crippen LogP contribution in [0.3, 0.4) is 0 Å². The molecule has 1 aliphatic rings. The molecule has 0 unspecified atom stereocenters. The molecule has 1 aromatic carbocycles. The molecular weight excluding hydrogens is 312 g/mol. The van der Waals surface area contributed by atoms with Crippen molar-refractivity contribution in [2.75, 3.05) is 14.2 Å². The number of rotatable bonds is 5. The lowest BCUT2D eigenvalue weighted by Crippen LogP contribution is -2.28. The van der Waals surface area contributed by atoms with Crippen molar-refractivity contribution < 1.29 is 9.53 Å². The Hall–Kier alpha value is -2.07. The number of amides is 1. The van der Waals surface area contributed by atoms with Gasteiger partial charge >= 0.3 is 0 Å². The van der Waals surface area contributed by atoms with Crippen LogP contribution in [0.25, 0.3) is 0 Å². The minimum absolute atomic E-state index is 0.0504. The molecule has 4 nitrogen and oxygen atoms in total. The fourth-order valence-electron chi connectivity index (χ4n) is 2.92. The van der Waals surface area contributed by atoms with Crippen LogP contribution in [0.1, 0.15) is 23.5 Å². The molecule has 0 saturated heterocycles. The molecule has 0 spiro atoms. The van der Waals surface area contributed by atoms with Crippen LogP contribution in [-0.2, 0) is 11.3 Å². The van der Waals surface area contributed by atoms with E-state index in [0.29, 0.717) is 17.5 Å². The maximum atomic E-state index is 12.6. The predicted octanol–water partition coefficient (Wildman–Crippen LogP) is 3.51. The fourth-order valence-corrected chi connectivity index (χ4v) is 3.11. The molecule has 1 aromatic heterocycles. The van der Waals surface area contributed by atoms with E-state index < -0.39 is 0 Å². The van der Waals surface area contributed by atoms with Gasteiger partial charge in [-0.05, 0) is 42.2 Å². The highest BCUT2D eigenvalue weighted by atomic mass is 35.5. The fraction of sp³-hybridized carbons (Fsp3) is 0.333. The summed E-state index contributed by atoms with van der Waals surface area (Å²) in [5, 5.41) is 0.640. The molecule has 0 bridgehead atoms. The van der Waals surface area contributed by atoms with E-state index in [-0.39, 0.29) is 11.8 Å². The quantitative estimate of drug-likeness (QED) is 0.842. The van der Waals surface area contributed by atoms with Crippen molar-refractivity contribution in [1.82, 2.24) is 9.88 Å². The number of methoxy groups -OCH3 is 1. The Kier molecular flexibility index (Phi) is 4.53. The van der Waals surface area contributed by atoms with Crippen LogP contribution < -0.4 is 4.74 Å². The van der Waals surface area contributed by atoms with Crippen LogP contribution in [0.2, 0.25) is 5.02 Å². The molecule has 2 aromatic rings. The van der Waals surface area contributed by atoms with E-state index in [2.05, 4.69) is 4.98 Å². The van der Waals surface area contributed by atoms with Crippen molar-refractivity contribution in [1.29, 1.82) is 0 Å². The highest BCUT2D eigenvalue weighted by Crippen LogP contribution is 2.48. The first-order valence-electron chi connectivity index (χ1n) is 7.57. The summed E-state index contributed by atoms with van der Waals surface area (Å²) in [7, 11) is 3.44. The minimum Gasteiger partial charge on any atom is -0.496 e. The van der Waals surface area contributed by atoms with Crippen LogP contribution in [0.4, 0.5) is 0 Å². The predicted molar refractivity (Wildman–Crippen MR) is 89.6 cm³/mol. The van der Waals surface area contributed by atoms with Gasteiger partial charge in [0, 0.05) is 42.5 Å². The molecule has 1 aliphatic carbocycles. The van der Waals surface area contributed by atoms with Crippen molar-refractivity contribution >= 4 is 17.5 Å². The molecule has 2 atom stereocenters. The Bertz CT molecular complexity index is 705. The van der Waals surface area contributed by atoms with Crippen molar-refractivity contribution in [3.8, 4) is 5.75 Å². The summed E-state index contributed by atoms with van der Waals surface area (Å²) in [6.45, 7) is 0.485. The summed E-state index contributed by atoms with van der Waals surface area (Å²) < 4.78 is 5.34. The van der Waals surface area contributed by atoms with Gasteiger partial charge in [0.05, 0.1) is 7.11 Å². The maximum Gasteiger partial charge on any atom is 0.226 e. The SMILES string of the molecule is COc1ccc(Cl)cc1CN(C)C(=O)[C@@H]1C[C@@H]1c1cccnc1. The summed E-state index contributed by atoms with van der Waals surface area (Å²) in [4.78, 5) is 18.5. The molecule has 5 heteroatoms. The van der Waals surface area contributed by atoms with Gasteiger partial charge in [0.1, 0.15) is 5.75 Å².